The number of nitrogens with zero attached hydrogens (tertiary/aromatic N) is 3. The van der Waals surface area contributed by atoms with Crippen molar-refractivity contribution < 1.29 is 4.74 Å². The predicted molar refractivity (Wildman–Crippen MR) is 79.0 cm³/mol. The highest BCUT2D eigenvalue weighted by Crippen LogP contribution is 2.24. The predicted octanol–water partition coefficient (Wildman–Crippen LogP) is 2.06. The number of ether oxygens (including phenoxy) is 1. The zero-order valence-electron chi connectivity index (χ0n) is 12.6. The Morgan fingerprint density at radius 3 is 2.85 bits per heavy atom. The molecule has 0 aliphatic carbocycles. The van der Waals surface area contributed by atoms with Gasteiger partial charge in [-0.3, -0.25) is 9.67 Å². The number of methoxy groups -OCH3 is 1. The first kappa shape index (κ1) is 14.5. The highest BCUT2D eigenvalue weighted by molar-refractivity contribution is 5.41. The van der Waals surface area contributed by atoms with Crippen molar-refractivity contribution in [1.82, 2.24) is 20.1 Å². The molecule has 0 spiro atoms. The first-order chi connectivity index (χ1) is 9.65. The monoisotopic (exact) mass is 274 g/mol. The Balaban J connectivity index is 2.15. The van der Waals surface area contributed by atoms with Crippen LogP contribution in [-0.2, 0) is 13.1 Å². The van der Waals surface area contributed by atoms with Crippen LogP contribution < -0.4 is 10.1 Å². The zero-order valence-corrected chi connectivity index (χ0v) is 12.6. The van der Waals surface area contributed by atoms with Crippen molar-refractivity contribution in [2.24, 2.45) is 0 Å². The summed E-state index contributed by atoms with van der Waals surface area (Å²) < 4.78 is 7.35. The summed E-state index contributed by atoms with van der Waals surface area (Å²) >= 11 is 0. The molecule has 2 aromatic heterocycles. The lowest BCUT2D eigenvalue weighted by Gasteiger charge is -2.12. The van der Waals surface area contributed by atoms with E-state index >= 15 is 0 Å². The maximum absolute atomic E-state index is 5.43. The first-order valence-electron chi connectivity index (χ1n) is 6.87. The molecule has 0 aromatic carbocycles. The summed E-state index contributed by atoms with van der Waals surface area (Å²) in [4.78, 5) is 4.50. The second kappa shape index (κ2) is 6.52. The van der Waals surface area contributed by atoms with Gasteiger partial charge in [-0.1, -0.05) is 6.92 Å². The van der Waals surface area contributed by atoms with Gasteiger partial charge in [0.05, 0.1) is 25.0 Å². The molecule has 108 valence electrons. The van der Waals surface area contributed by atoms with Gasteiger partial charge in [0.25, 0.3) is 0 Å². The van der Waals surface area contributed by atoms with E-state index in [1.807, 2.05) is 37.0 Å². The fourth-order valence-electron chi connectivity index (χ4n) is 2.22. The van der Waals surface area contributed by atoms with Gasteiger partial charge < -0.3 is 10.1 Å². The topological polar surface area (TPSA) is 52.0 Å². The van der Waals surface area contributed by atoms with Gasteiger partial charge in [0.2, 0.25) is 0 Å². The maximum Gasteiger partial charge on any atom is 0.128 e. The van der Waals surface area contributed by atoms with Crippen LogP contribution in [0.4, 0.5) is 0 Å². The van der Waals surface area contributed by atoms with Crippen LogP contribution in [0.15, 0.2) is 18.5 Å². The lowest BCUT2D eigenvalue weighted by atomic mass is 10.1. The average Bonchev–Trinajstić information content (AvgIpc) is 2.88. The minimum atomic E-state index is 0.661. The molecule has 0 aliphatic rings. The molecule has 2 rings (SSSR count). The largest absolute Gasteiger partial charge is 0.496 e. The van der Waals surface area contributed by atoms with Gasteiger partial charge in [0.1, 0.15) is 5.75 Å². The van der Waals surface area contributed by atoms with Crippen LogP contribution in [0.2, 0.25) is 0 Å². The smallest absolute Gasteiger partial charge is 0.128 e. The number of pyridine rings is 1. The summed E-state index contributed by atoms with van der Waals surface area (Å²) in [6.07, 6.45) is 3.84. The summed E-state index contributed by atoms with van der Waals surface area (Å²) in [5.74, 6) is 0.912. The van der Waals surface area contributed by atoms with Gasteiger partial charge in [-0.15, -0.1) is 0 Å². The van der Waals surface area contributed by atoms with E-state index in [2.05, 4.69) is 22.3 Å². The molecule has 0 atom stereocenters. The molecule has 0 amide bonds. The van der Waals surface area contributed by atoms with Crippen molar-refractivity contribution in [3.8, 4) is 5.75 Å². The first-order valence-corrected chi connectivity index (χ1v) is 6.87. The van der Waals surface area contributed by atoms with Crippen molar-refractivity contribution >= 4 is 0 Å². The molecule has 0 saturated heterocycles. The Labute approximate surface area is 120 Å². The molecule has 2 aromatic rings. The number of hydrogen-bond acceptors (Lipinski definition) is 4. The number of aromatic nitrogens is 3. The SMILES string of the molecule is CCNCc1ccn(Cc2ncc(C)c(OC)c2C)n1. The van der Waals surface area contributed by atoms with E-state index in [9.17, 15) is 0 Å². The van der Waals surface area contributed by atoms with E-state index < -0.39 is 0 Å². The van der Waals surface area contributed by atoms with E-state index in [1.165, 1.54) is 0 Å². The Hall–Kier alpha value is -1.88. The zero-order chi connectivity index (χ0) is 14.5. The van der Waals surface area contributed by atoms with Gasteiger partial charge >= 0.3 is 0 Å². The van der Waals surface area contributed by atoms with Crippen molar-refractivity contribution in [2.45, 2.75) is 33.9 Å². The van der Waals surface area contributed by atoms with Crippen LogP contribution in [0.25, 0.3) is 0 Å². The molecule has 0 bridgehead atoms. The minimum Gasteiger partial charge on any atom is -0.496 e. The molecule has 0 radical (unpaired) electrons. The molecule has 1 N–H and O–H groups in total. The van der Waals surface area contributed by atoms with Crippen LogP contribution in [0.1, 0.15) is 29.4 Å². The third kappa shape index (κ3) is 3.17. The maximum atomic E-state index is 5.43. The van der Waals surface area contributed by atoms with Crippen LogP contribution in [0.5, 0.6) is 5.75 Å². The third-order valence-corrected chi connectivity index (χ3v) is 3.31. The standard InChI is InChI=1S/C15H22N4O/c1-5-16-9-13-6-7-19(18-13)10-14-12(3)15(20-4)11(2)8-17-14/h6-8,16H,5,9-10H2,1-4H3. The molecule has 0 unspecified atom stereocenters. The molecular formula is C15H22N4O. The molecule has 0 saturated carbocycles. The van der Waals surface area contributed by atoms with Crippen molar-refractivity contribution in [3.05, 3.63) is 41.0 Å². The molecule has 5 nitrogen and oxygen atoms in total. The Kier molecular flexibility index (Phi) is 4.74. The van der Waals surface area contributed by atoms with Crippen LogP contribution >= 0.6 is 0 Å². The fourth-order valence-corrected chi connectivity index (χ4v) is 2.22. The van der Waals surface area contributed by atoms with Crippen molar-refractivity contribution in [3.63, 3.8) is 0 Å². The van der Waals surface area contributed by atoms with Gasteiger partial charge in [0.15, 0.2) is 0 Å². The highest BCUT2D eigenvalue weighted by Gasteiger charge is 2.10. The van der Waals surface area contributed by atoms with E-state index in [0.29, 0.717) is 6.54 Å². The normalized spacial score (nSPS) is 10.8. The number of rotatable bonds is 6. The molecule has 2 heterocycles. The molecule has 0 aliphatic heterocycles. The third-order valence-electron chi connectivity index (χ3n) is 3.31. The number of hydrogen-bond donors (Lipinski definition) is 1. The summed E-state index contributed by atoms with van der Waals surface area (Å²) in [6, 6.07) is 2.03. The number of aryl methyl sites for hydroxylation is 1. The van der Waals surface area contributed by atoms with Gasteiger partial charge in [0, 0.05) is 30.1 Å². The minimum absolute atomic E-state index is 0.661. The van der Waals surface area contributed by atoms with Gasteiger partial charge in [-0.2, -0.15) is 5.10 Å². The van der Waals surface area contributed by atoms with Crippen molar-refractivity contribution in [2.75, 3.05) is 13.7 Å². The van der Waals surface area contributed by atoms with E-state index in [1.54, 1.807) is 7.11 Å². The summed E-state index contributed by atoms with van der Waals surface area (Å²) in [5, 5.41) is 7.80. The molecular weight excluding hydrogens is 252 g/mol. The van der Waals surface area contributed by atoms with Gasteiger partial charge in [-0.25, -0.2) is 0 Å². The van der Waals surface area contributed by atoms with Crippen LogP contribution in [0, 0.1) is 13.8 Å². The molecule has 0 fully saturated rings. The highest BCUT2D eigenvalue weighted by atomic mass is 16.5. The lowest BCUT2D eigenvalue weighted by Crippen LogP contribution is -2.13. The number of nitrogens with one attached hydrogen (secondary N) is 1. The molecule has 20 heavy (non-hydrogen) atoms. The Morgan fingerprint density at radius 1 is 1.35 bits per heavy atom. The average molecular weight is 274 g/mol. The molecule has 5 heteroatoms. The van der Waals surface area contributed by atoms with Crippen molar-refractivity contribution in [1.29, 1.82) is 0 Å². The second-order valence-corrected chi connectivity index (χ2v) is 4.83. The van der Waals surface area contributed by atoms with Gasteiger partial charge in [-0.05, 0) is 26.5 Å². The summed E-state index contributed by atoms with van der Waals surface area (Å²) in [6.45, 7) is 8.54. The Bertz CT molecular complexity index is 577. The second-order valence-electron chi connectivity index (χ2n) is 4.83. The van der Waals surface area contributed by atoms with Crippen LogP contribution in [0.3, 0.4) is 0 Å². The van der Waals surface area contributed by atoms with E-state index in [4.69, 9.17) is 4.74 Å². The fraction of sp³-hybridized carbons (Fsp3) is 0.467. The lowest BCUT2D eigenvalue weighted by molar-refractivity contribution is 0.406. The summed E-state index contributed by atoms with van der Waals surface area (Å²) in [5.41, 5.74) is 4.17. The van der Waals surface area contributed by atoms with Crippen LogP contribution in [-0.4, -0.2) is 28.4 Å². The summed E-state index contributed by atoms with van der Waals surface area (Å²) in [7, 11) is 1.70. The Morgan fingerprint density at radius 2 is 2.15 bits per heavy atom. The quantitative estimate of drug-likeness (QED) is 0.876. The van der Waals surface area contributed by atoms with E-state index in [-0.39, 0.29) is 0 Å². The van der Waals surface area contributed by atoms with E-state index in [0.717, 1.165) is 41.4 Å².